The summed E-state index contributed by atoms with van der Waals surface area (Å²) in [6.07, 6.45) is 1.89. The highest BCUT2D eigenvalue weighted by Gasteiger charge is 2.23. The minimum absolute atomic E-state index is 1.01. The SMILES string of the molecule is c1ccc2c(c1)-c1ccccc1-c1cc3cccnc3cc1-c1cc(-n3c4ccccc4c4ccccc43)ccc1-2. The van der Waals surface area contributed by atoms with Crippen LogP contribution in [0.15, 0.2) is 146 Å². The third kappa shape index (κ3) is 3.22. The van der Waals surface area contributed by atoms with Crippen molar-refractivity contribution in [1.29, 1.82) is 0 Å². The minimum atomic E-state index is 1.01. The number of hydrogen-bond acceptors (Lipinski definition) is 1. The summed E-state index contributed by atoms with van der Waals surface area (Å²) >= 11 is 0. The molecule has 1 aliphatic rings. The molecule has 0 unspecified atom stereocenters. The number of nitrogens with zero attached hydrogens (tertiary/aromatic N) is 2. The summed E-state index contributed by atoms with van der Waals surface area (Å²) in [5.74, 6) is 0. The summed E-state index contributed by atoms with van der Waals surface area (Å²) < 4.78 is 2.41. The van der Waals surface area contributed by atoms with Crippen LogP contribution in [0.4, 0.5) is 0 Å². The molecule has 0 saturated heterocycles. The van der Waals surface area contributed by atoms with Gasteiger partial charge in [-0.3, -0.25) is 4.98 Å². The van der Waals surface area contributed by atoms with E-state index in [1.54, 1.807) is 0 Å². The first-order valence-corrected chi connectivity index (χ1v) is 14.1. The summed E-state index contributed by atoms with van der Waals surface area (Å²) in [6, 6.07) is 50.8. The summed E-state index contributed by atoms with van der Waals surface area (Å²) in [5.41, 5.74) is 14.5. The van der Waals surface area contributed by atoms with E-state index in [0.717, 1.165) is 16.6 Å². The third-order valence-corrected chi connectivity index (χ3v) is 8.60. The molecule has 2 nitrogen and oxygen atoms in total. The summed E-state index contributed by atoms with van der Waals surface area (Å²) in [4.78, 5) is 4.77. The molecule has 0 aliphatic heterocycles. The standard InChI is InChI=1S/C39H24N2/c1-2-13-29-27(11-1)28-12-3-4-14-30(28)34-22-25-10-9-21-40-37(25)24-36(34)35-23-26(19-20-31(29)35)41-38-17-7-5-15-32(38)33-16-6-8-18-39(33)41/h1-24H. The normalized spacial score (nSPS) is 11.9. The van der Waals surface area contributed by atoms with Crippen LogP contribution < -0.4 is 0 Å². The van der Waals surface area contributed by atoms with Gasteiger partial charge in [-0.25, -0.2) is 0 Å². The topological polar surface area (TPSA) is 17.8 Å². The van der Waals surface area contributed by atoms with Crippen LogP contribution in [0.1, 0.15) is 0 Å². The van der Waals surface area contributed by atoms with Crippen LogP contribution in [-0.2, 0) is 0 Å². The quantitative estimate of drug-likeness (QED) is 0.210. The largest absolute Gasteiger partial charge is 0.309 e. The molecule has 41 heavy (non-hydrogen) atoms. The van der Waals surface area contributed by atoms with Gasteiger partial charge < -0.3 is 4.57 Å². The fourth-order valence-electron chi connectivity index (χ4n) is 6.80. The van der Waals surface area contributed by atoms with Crippen molar-refractivity contribution in [3.8, 4) is 50.2 Å². The van der Waals surface area contributed by atoms with Gasteiger partial charge in [-0.1, -0.05) is 97.1 Å². The first-order chi connectivity index (χ1) is 20.3. The Hall–Kier alpha value is -5.47. The fraction of sp³-hybridized carbons (Fsp3) is 0. The van der Waals surface area contributed by atoms with E-state index in [-0.39, 0.29) is 0 Å². The molecule has 0 radical (unpaired) electrons. The second-order valence-corrected chi connectivity index (χ2v) is 10.8. The zero-order chi connectivity index (χ0) is 26.9. The van der Waals surface area contributed by atoms with E-state index in [1.807, 2.05) is 12.3 Å². The monoisotopic (exact) mass is 520 g/mol. The fourth-order valence-corrected chi connectivity index (χ4v) is 6.80. The maximum absolute atomic E-state index is 4.77. The molecule has 0 bridgehead atoms. The molecule has 2 heteroatoms. The molecule has 0 fully saturated rings. The van der Waals surface area contributed by atoms with Crippen molar-refractivity contribution in [1.82, 2.24) is 9.55 Å². The van der Waals surface area contributed by atoms with E-state index in [1.165, 1.54) is 66.3 Å². The Morgan fingerprint density at radius 3 is 1.56 bits per heavy atom. The van der Waals surface area contributed by atoms with Crippen molar-refractivity contribution in [3.05, 3.63) is 146 Å². The summed E-state index contributed by atoms with van der Waals surface area (Å²) in [6.45, 7) is 0. The van der Waals surface area contributed by atoms with E-state index in [4.69, 9.17) is 4.98 Å². The van der Waals surface area contributed by atoms with E-state index >= 15 is 0 Å². The van der Waals surface area contributed by atoms with Crippen LogP contribution in [0, 0.1) is 0 Å². The number of aromatic nitrogens is 2. The highest BCUT2D eigenvalue weighted by Crippen LogP contribution is 2.49. The Kier molecular flexibility index (Phi) is 4.64. The predicted octanol–water partition coefficient (Wildman–Crippen LogP) is 10.3. The third-order valence-electron chi connectivity index (χ3n) is 8.60. The Bertz CT molecular complexity index is 2270. The first kappa shape index (κ1) is 22.4. The smallest absolute Gasteiger partial charge is 0.0708 e. The average molecular weight is 521 g/mol. The van der Waals surface area contributed by atoms with Gasteiger partial charge in [0.2, 0.25) is 0 Å². The van der Waals surface area contributed by atoms with E-state index < -0.39 is 0 Å². The number of benzene rings is 6. The molecular weight excluding hydrogens is 496 g/mol. The van der Waals surface area contributed by atoms with E-state index in [0.29, 0.717) is 0 Å². The van der Waals surface area contributed by atoms with Crippen molar-refractivity contribution in [2.24, 2.45) is 0 Å². The second kappa shape index (κ2) is 8.51. The lowest BCUT2D eigenvalue weighted by atomic mass is 9.80. The minimum Gasteiger partial charge on any atom is -0.309 e. The van der Waals surface area contributed by atoms with Gasteiger partial charge in [-0.05, 0) is 87.0 Å². The van der Waals surface area contributed by atoms with Gasteiger partial charge in [0.1, 0.15) is 0 Å². The van der Waals surface area contributed by atoms with Gasteiger partial charge in [-0.15, -0.1) is 0 Å². The molecule has 0 saturated carbocycles. The number of fused-ring (bicyclic) bond motifs is 12. The average Bonchev–Trinajstić information content (AvgIpc) is 3.38. The maximum Gasteiger partial charge on any atom is 0.0708 e. The highest BCUT2D eigenvalue weighted by atomic mass is 15.0. The first-order valence-electron chi connectivity index (χ1n) is 14.1. The predicted molar refractivity (Wildman–Crippen MR) is 171 cm³/mol. The van der Waals surface area contributed by atoms with Crippen LogP contribution in [0.2, 0.25) is 0 Å². The van der Waals surface area contributed by atoms with Crippen molar-refractivity contribution in [3.63, 3.8) is 0 Å². The van der Waals surface area contributed by atoms with E-state index in [9.17, 15) is 0 Å². The van der Waals surface area contributed by atoms with Crippen LogP contribution in [0.25, 0.3) is 82.9 Å². The Labute approximate surface area is 237 Å². The molecule has 2 heterocycles. The molecule has 190 valence electrons. The van der Waals surface area contributed by atoms with E-state index in [2.05, 4.69) is 138 Å². The number of hydrogen-bond donors (Lipinski definition) is 0. The van der Waals surface area contributed by atoms with Crippen molar-refractivity contribution in [2.75, 3.05) is 0 Å². The van der Waals surface area contributed by atoms with Gasteiger partial charge in [-0.2, -0.15) is 0 Å². The zero-order valence-corrected chi connectivity index (χ0v) is 22.3. The Morgan fingerprint density at radius 1 is 0.390 bits per heavy atom. The Balaban J connectivity index is 1.43. The van der Waals surface area contributed by atoms with Crippen LogP contribution in [0.5, 0.6) is 0 Å². The molecule has 0 atom stereocenters. The van der Waals surface area contributed by atoms with Crippen molar-refractivity contribution in [2.45, 2.75) is 0 Å². The highest BCUT2D eigenvalue weighted by molar-refractivity contribution is 6.10. The zero-order valence-electron chi connectivity index (χ0n) is 22.3. The summed E-state index contributed by atoms with van der Waals surface area (Å²) in [5, 5.41) is 3.68. The molecule has 8 aromatic rings. The van der Waals surface area contributed by atoms with Gasteiger partial charge in [0.05, 0.1) is 16.6 Å². The number of pyridine rings is 1. The van der Waals surface area contributed by atoms with Gasteiger partial charge in [0.25, 0.3) is 0 Å². The molecule has 0 spiro atoms. The van der Waals surface area contributed by atoms with Crippen LogP contribution in [0.3, 0.4) is 0 Å². The van der Waals surface area contributed by atoms with Gasteiger partial charge in [0, 0.05) is 28.0 Å². The molecule has 0 N–H and O–H groups in total. The number of para-hydroxylation sites is 2. The van der Waals surface area contributed by atoms with Crippen molar-refractivity contribution < 1.29 is 0 Å². The molecule has 9 rings (SSSR count). The lowest BCUT2D eigenvalue weighted by Gasteiger charge is -2.24. The molecule has 1 aliphatic carbocycles. The molecule has 0 amide bonds. The Morgan fingerprint density at radius 2 is 0.902 bits per heavy atom. The van der Waals surface area contributed by atoms with Crippen LogP contribution >= 0.6 is 0 Å². The second-order valence-electron chi connectivity index (χ2n) is 10.8. The van der Waals surface area contributed by atoms with Gasteiger partial charge >= 0.3 is 0 Å². The lowest BCUT2D eigenvalue weighted by molar-refractivity contribution is 1.18. The van der Waals surface area contributed by atoms with Crippen molar-refractivity contribution >= 4 is 32.7 Å². The van der Waals surface area contributed by atoms with Gasteiger partial charge in [0.15, 0.2) is 0 Å². The molecule has 6 aromatic carbocycles. The molecular formula is C39H24N2. The molecule has 2 aromatic heterocycles. The summed E-state index contributed by atoms with van der Waals surface area (Å²) in [7, 11) is 0. The number of rotatable bonds is 1. The lowest BCUT2D eigenvalue weighted by Crippen LogP contribution is -2.00. The maximum atomic E-state index is 4.77. The van der Waals surface area contributed by atoms with Crippen LogP contribution in [-0.4, -0.2) is 9.55 Å².